The van der Waals surface area contributed by atoms with Gasteiger partial charge in [-0.15, -0.1) is 0 Å². The Morgan fingerprint density at radius 2 is 1.73 bits per heavy atom. The molecule has 12 heteroatoms. The number of carbonyl (C=O) groups is 1. The molecule has 224 valence electrons. The first kappa shape index (κ1) is 29.0. The number of nitrogens with one attached hydrogen (secondary N) is 2. The summed E-state index contributed by atoms with van der Waals surface area (Å²) in [6.07, 6.45) is 2.57. The maximum atomic E-state index is 13.7. The minimum Gasteiger partial charge on any atom is -0.455 e. The summed E-state index contributed by atoms with van der Waals surface area (Å²) in [5.41, 5.74) is 9.57. The fourth-order valence-electron chi connectivity index (χ4n) is 4.99. The first-order valence-corrected chi connectivity index (χ1v) is 15.5. The van der Waals surface area contributed by atoms with Gasteiger partial charge in [-0.1, -0.05) is 12.1 Å². The molecule has 0 aliphatic heterocycles. The maximum Gasteiger partial charge on any atom is 0.255 e. The van der Waals surface area contributed by atoms with Gasteiger partial charge in [-0.05, 0) is 79.5 Å². The van der Waals surface area contributed by atoms with E-state index in [9.17, 15) is 17.6 Å². The molecule has 3 aromatic carbocycles. The smallest absolute Gasteiger partial charge is 0.255 e. The minimum atomic E-state index is -3.77. The molecule has 0 fully saturated rings. The van der Waals surface area contributed by atoms with Gasteiger partial charge in [-0.25, -0.2) is 17.8 Å². The van der Waals surface area contributed by atoms with E-state index in [4.69, 9.17) is 14.6 Å². The number of carbonyl (C=O) groups excluding carboxylic acids is 1. The second-order valence-electron chi connectivity index (χ2n) is 10.1. The number of anilines is 1. The molecular weight excluding hydrogens is 585 g/mol. The van der Waals surface area contributed by atoms with Gasteiger partial charge in [0, 0.05) is 41.4 Å². The highest BCUT2D eigenvalue weighted by Gasteiger charge is 2.25. The van der Waals surface area contributed by atoms with Crippen molar-refractivity contribution in [3.63, 3.8) is 0 Å². The van der Waals surface area contributed by atoms with E-state index in [1.165, 1.54) is 31.3 Å². The molecule has 10 nitrogen and oxygen atoms in total. The van der Waals surface area contributed by atoms with Gasteiger partial charge in [0.25, 0.3) is 5.91 Å². The summed E-state index contributed by atoms with van der Waals surface area (Å²) in [6.45, 7) is 0.381. The number of furan rings is 1. The fraction of sp³-hybridized carbons (Fsp3) is 0.156. The summed E-state index contributed by atoms with van der Waals surface area (Å²) >= 11 is 0. The van der Waals surface area contributed by atoms with Crippen molar-refractivity contribution in [3.05, 3.63) is 90.4 Å². The molecule has 1 amide bonds. The van der Waals surface area contributed by atoms with E-state index in [2.05, 4.69) is 20.0 Å². The van der Waals surface area contributed by atoms with Crippen molar-refractivity contribution in [2.45, 2.75) is 12.8 Å². The number of benzene rings is 3. The third-order valence-electron chi connectivity index (χ3n) is 7.11. The predicted molar refractivity (Wildman–Crippen MR) is 167 cm³/mol. The molecule has 4 N–H and O–H groups in total. The van der Waals surface area contributed by atoms with Gasteiger partial charge < -0.3 is 19.9 Å². The zero-order chi connectivity index (χ0) is 30.8. The molecule has 0 atom stereocenters. The number of oxazole rings is 1. The second-order valence-corrected chi connectivity index (χ2v) is 12.0. The molecule has 0 bridgehead atoms. The first-order valence-electron chi connectivity index (χ1n) is 13.9. The quantitative estimate of drug-likeness (QED) is 0.160. The van der Waals surface area contributed by atoms with Gasteiger partial charge in [0.15, 0.2) is 11.2 Å². The molecule has 6 rings (SSSR count). The first-order chi connectivity index (χ1) is 21.3. The van der Waals surface area contributed by atoms with Crippen molar-refractivity contribution < 1.29 is 26.4 Å². The van der Waals surface area contributed by atoms with Crippen LogP contribution < -0.4 is 15.8 Å². The number of fused-ring (bicyclic) bond motifs is 2. The number of hydrogen-bond donors (Lipinski definition) is 3. The molecule has 0 saturated heterocycles. The van der Waals surface area contributed by atoms with Crippen LogP contribution in [-0.2, 0) is 10.0 Å². The summed E-state index contributed by atoms with van der Waals surface area (Å²) in [7, 11) is -2.28. The molecule has 3 aromatic heterocycles. The number of amides is 1. The van der Waals surface area contributed by atoms with Crippen molar-refractivity contribution >= 4 is 43.8 Å². The van der Waals surface area contributed by atoms with E-state index in [0.717, 1.165) is 0 Å². The van der Waals surface area contributed by atoms with Gasteiger partial charge in [0.2, 0.25) is 15.9 Å². The maximum absolute atomic E-state index is 13.7. The normalized spacial score (nSPS) is 11.7. The Balaban J connectivity index is 1.54. The van der Waals surface area contributed by atoms with Crippen molar-refractivity contribution in [1.29, 1.82) is 0 Å². The predicted octanol–water partition coefficient (Wildman–Crippen LogP) is 5.95. The number of hydrogen-bond acceptors (Lipinski definition) is 8. The Labute approximate surface area is 252 Å². The largest absolute Gasteiger partial charge is 0.455 e. The Bertz CT molecular complexity index is 2070. The van der Waals surface area contributed by atoms with Crippen LogP contribution >= 0.6 is 0 Å². The van der Waals surface area contributed by atoms with Crippen LogP contribution in [0.5, 0.6) is 0 Å². The van der Waals surface area contributed by atoms with Gasteiger partial charge in [-0.2, -0.15) is 4.98 Å². The molecule has 0 spiro atoms. The number of aromatic nitrogens is 2. The average Bonchev–Trinajstić information content (AvgIpc) is 3.62. The average molecular weight is 614 g/mol. The van der Waals surface area contributed by atoms with Crippen molar-refractivity contribution in [1.82, 2.24) is 15.3 Å². The van der Waals surface area contributed by atoms with Crippen LogP contribution in [-0.4, -0.2) is 43.6 Å². The highest BCUT2D eigenvalue weighted by atomic mass is 32.2. The molecule has 44 heavy (non-hydrogen) atoms. The summed E-state index contributed by atoms with van der Waals surface area (Å²) in [6, 6.07) is 19.6. The summed E-state index contributed by atoms with van der Waals surface area (Å²) < 4.78 is 54.8. The fourth-order valence-corrected chi connectivity index (χ4v) is 6.18. The van der Waals surface area contributed by atoms with Gasteiger partial charge in [-0.3, -0.25) is 9.52 Å². The summed E-state index contributed by atoms with van der Waals surface area (Å²) in [5, 5.41) is 3.09. The lowest BCUT2D eigenvalue weighted by atomic mass is 9.97. The number of unbranched alkanes of at least 4 members (excludes halogenated alkanes) is 1. The van der Waals surface area contributed by atoms with E-state index < -0.39 is 21.7 Å². The zero-order valence-corrected chi connectivity index (χ0v) is 24.4. The Morgan fingerprint density at radius 1 is 0.932 bits per heavy atom. The van der Waals surface area contributed by atoms with Gasteiger partial charge in [0.05, 0.1) is 17.0 Å². The molecule has 0 aliphatic rings. The number of nitrogens with zero attached hydrogens (tertiary/aromatic N) is 2. The van der Waals surface area contributed by atoms with Crippen LogP contribution in [0.4, 0.5) is 10.1 Å². The molecule has 0 aliphatic carbocycles. The second kappa shape index (κ2) is 11.9. The number of rotatable bonds is 10. The lowest BCUT2D eigenvalue weighted by molar-refractivity contribution is 0.0964. The highest BCUT2D eigenvalue weighted by molar-refractivity contribution is 7.92. The van der Waals surface area contributed by atoms with Crippen LogP contribution in [0.1, 0.15) is 23.2 Å². The van der Waals surface area contributed by atoms with E-state index in [-0.39, 0.29) is 28.3 Å². The summed E-state index contributed by atoms with van der Waals surface area (Å²) in [4.78, 5) is 21.9. The van der Waals surface area contributed by atoms with Gasteiger partial charge in [0.1, 0.15) is 17.2 Å². The Kier molecular flexibility index (Phi) is 7.85. The highest BCUT2D eigenvalue weighted by Crippen LogP contribution is 2.41. The molecule has 0 saturated carbocycles. The van der Waals surface area contributed by atoms with E-state index >= 15 is 0 Å². The van der Waals surface area contributed by atoms with E-state index in [1.807, 2.05) is 18.2 Å². The minimum absolute atomic E-state index is 0.125. The monoisotopic (exact) mass is 613 g/mol. The molecule has 0 radical (unpaired) electrons. The Morgan fingerprint density at radius 3 is 2.48 bits per heavy atom. The number of sulfonamides is 1. The van der Waals surface area contributed by atoms with Crippen LogP contribution in [0.2, 0.25) is 0 Å². The molecular formula is C32H28FN5O5S. The van der Waals surface area contributed by atoms with Gasteiger partial charge >= 0.3 is 0 Å². The molecule has 6 aromatic rings. The topological polar surface area (TPSA) is 153 Å². The van der Waals surface area contributed by atoms with Crippen molar-refractivity contribution in [3.8, 4) is 33.9 Å². The third-order valence-corrected chi connectivity index (χ3v) is 8.46. The van der Waals surface area contributed by atoms with Crippen LogP contribution in [0.25, 0.3) is 56.1 Å². The number of halogens is 1. The number of pyridine rings is 1. The van der Waals surface area contributed by atoms with Crippen molar-refractivity contribution in [2.75, 3.05) is 24.1 Å². The summed E-state index contributed by atoms with van der Waals surface area (Å²) in [5.74, 6) is -0.411. The Hall–Kier alpha value is -5.07. The van der Waals surface area contributed by atoms with Crippen LogP contribution in [0.3, 0.4) is 0 Å². The van der Waals surface area contributed by atoms with Crippen LogP contribution in [0.15, 0.2) is 87.8 Å². The van der Waals surface area contributed by atoms with E-state index in [1.54, 1.807) is 36.5 Å². The number of nitrogens with two attached hydrogens (primary N) is 1. The zero-order valence-electron chi connectivity index (χ0n) is 23.6. The third kappa shape index (κ3) is 5.77. The lowest BCUT2D eigenvalue weighted by Gasteiger charge is -2.14. The molecule has 0 unspecified atom stereocenters. The molecule has 3 heterocycles. The van der Waals surface area contributed by atoms with Crippen LogP contribution in [0, 0.1) is 5.82 Å². The standard InChI is InChI=1S/C32H28FN5O5S/c1-35-31(39)28-24-17-23(20-6-4-7-21(16-20)32-37-30-26(43-32)8-5-14-36-30)25(38-44(40,41)15-3-2-13-34)18-27(24)42-29(28)19-9-11-22(33)12-10-19/h4-12,14,16-18,38H,2-3,13,15,34H2,1H3,(H,35,39). The van der Waals surface area contributed by atoms with E-state index in [0.29, 0.717) is 64.1 Å². The SMILES string of the molecule is CNC(=O)c1c(-c2ccc(F)cc2)oc2cc(NS(=O)(=O)CCCCN)c(-c3cccc(-c4nc5ncccc5o4)c3)cc12. The lowest BCUT2D eigenvalue weighted by Crippen LogP contribution is -2.18. The van der Waals surface area contributed by atoms with Crippen molar-refractivity contribution in [2.24, 2.45) is 5.73 Å².